The zero-order chi connectivity index (χ0) is 20.3. The normalized spacial score (nSPS) is 17.9. The van der Waals surface area contributed by atoms with Crippen molar-refractivity contribution >= 4 is 29.6 Å². The molecule has 1 fully saturated rings. The second-order valence-corrected chi connectivity index (χ2v) is 10.9. The molecule has 0 saturated carbocycles. The number of benzene rings is 3. The molecule has 3 nitrogen and oxygen atoms in total. The van der Waals surface area contributed by atoms with E-state index in [0.717, 1.165) is 15.6 Å². The molecule has 0 spiro atoms. The lowest BCUT2D eigenvalue weighted by atomic mass is 10.3. The van der Waals surface area contributed by atoms with Crippen LogP contribution in [0, 0.1) is 11.5 Å². The Kier molecular flexibility index (Phi) is 5.10. The highest BCUT2D eigenvalue weighted by Gasteiger charge is 2.42. The standard InChI is InChI=1S/C25H22O3Si/c1-25(2)27-23(24(26)28-25)18-19-29(20-12-6-3-7-13-20,21-14-8-4-9-15-21)22-16-10-5-11-17-22/h3-17,23H,1-2H3. The van der Waals surface area contributed by atoms with Crippen LogP contribution in [0.25, 0.3) is 0 Å². The predicted molar refractivity (Wildman–Crippen MR) is 117 cm³/mol. The van der Waals surface area contributed by atoms with E-state index >= 15 is 0 Å². The number of hydrogen-bond acceptors (Lipinski definition) is 3. The third-order valence-electron chi connectivity index (χ3n) is 4.97. The Bertz CT molecular complexity index is 954. The van der Waals surface area contributed by atoms with Gasteiger partial charge in [0.1, 0.15) is 0 Å². The minimum atomic E-state index is -2.72. The zero-order valence-electron chi connectivity index (χ0n) is 16.5. The van der Waals surface area contributed by atoms with Crippen LogP contribution in [0.4, 0.5) is 0 Å². The quantitative estimate of drug-likeness (QED) is 0.294. The number of carbonyl (C=O) groups excluding carboxylic acids is 1. The first-order chi connectivity index (χ1) is 14.0. The largest absolute Gasteiger partial charge is 0.431 e. The van der Waals surface area contributed by atoms with Gasteiger partial charge in [0.05, 0.1) is 0 Å². The molecule has 3 aromatic carbocycles. The van der Waals surface area contributed by atoms with Gasteiger partial charge in [-0.2, -0.15) is 0 Å². The first kappa shape index (κ1) is 19.2. The Balaban J connectivity index is 1.95. The molecule has 4 rings (SSSR count). The minimum absolute atomic E-state index is 0.431. The van der Waals surface area contributed by atoms with Crippen molar-refractivity contribution in [3.63, 3.8) is 0 Å². The molecule has 1 atom stereocenters. The fourth-order valence-electron chi connectivity index (χ4n) is 3.69. The average molecular weight is 399 g/mol. The highest BCUT2D eigenvalue weighted by atomic mass is 28.3. The predicted octanol–water partition coefficient (Wildman–Crippen LogP) is 2.38. The van der Waals surface area contributed by atoms with Crippen molar-refractivity contribution in [1.82, 2.24) is 0 Å². The van der Waals surface area contributed by atoms with Crippen molar-refractivity contribution in [2.75, 3.05) is 0 Å². The molecule has 29 heavy (non-hydrogen) atoms. The van der Waals surface area contributed by atoms with Crippen LogP contribution in [-0.2, 0) is 14.3 Å². The molecular weight excluding hydrogens is 376 g/mol. The van der Waals surface area contributed by atoms with Crippen molar-refractivity contribution in [1.29, 1.82) is 0 Å². The first-order valence-electron chi connectivity index (χ1n) is 9.61. The third kappa shape index (κ3) is 3.75. The monoisotopic (exact) mass is 398 g/mol. The summed E-state index contributed by atoms with van der Waals surface area (Å²) in [5.41, 5.74) is 3.56. The molecule has 1 unspecified atom stereocenters. The maximum absolute atomic E-state index is 12.3. The van der Waals surface area contributed by atoms with Crippen LogP contribution in [0.3, 0.4) is 0 Å². The van der Waals surface area contributed by atoms with Crippen LogP contribution >= 0.6 is 0 Å². The van der Waals surface area contributed by atoms with E-state index in [1.54, 1.807) is 13.8 Å². The van der Waals surface area contributed by atoms with Crippen molar-refractivity contribution in [2.45, 2.75) is 25.7 Å². The van der Waals surface area contributed by atoms with Crippen LogP contribution < -0.4 is 15.6 Å². The molecule has 1 aliphatic rings. The zero-order valence-corrected chi connectivity index (χ0v) is 17.5. The summed E-state index contributed by atoms with van der Waals surface area (Å²) in [7, 11) is -2.72. The minimum Gasteiger partial charge on any atom is -0.431 e. The van der Waals surface area contributed by atoms with Gasteiger partial charge in [-0.3, -0.25) is 0 Å². The molecule has 1 heterocycles. The Morgan fingerprint density at radius 1 is 0.759 bits per heavy atom. The van der Waals surface area contributed by atoms with Crippen LogP contribution in [0.1, 0.15) is 13.8 Å². The van der Waals surface area contributed by atoms with E-state index in [4.69, 9.17) is 9.47 Å². The SMILES string of the molecule is CC1(C)OC(=O)C(C#C[Si](c2ccccc2)(c2ccccc2)c2ccccc2)O1. The molecule has 0 aliphatic carbocycles. The van der Waals surface area contributed by atoms with Crippen LogP contribution in [-0.4, -0.2) is 25.9 Å². The van der Waals surface area contributed by atoms with Crippen LogP contribution in [0.2, 0.25) is 0 Å². The van der Waals surface area contributed by atoms with E-state index in [1.807, 2.05) is 54.6 Å². The summed E-state index contributed by atoms with van der Waals surface area (Å²) in [5.74, 6) is 1.76. The highest BCUT2D eigenvalue weighted by Crippen LogP contribution is 2.23. The van der Waals surface area contributed by atoms with E-state index in [0.29, 0.717) is 0 Å². The smallest absolute Gasteiger partial charge is 0.350 e. The topological polar surface area (TPSA) is 35.5 Å². The number of hydrogen-bond donors (Lipinski definition) is 0. The second kappa shape index (κ2) is 7.71. The summed E-state index contributed by atoms with van der Waals surface area (Å²) in [5, 5.41) is 3.49. The Morgan fingerprint density at radius 3 is 1.52 bits per heavy atom. The average Bonchev–Trinajstić information content (AvgIpc) is 3.02. The van der Waals surface area contributed by atoms with Gasteiger partial charge < -0.3 is 9.47 Å². The molecule has 0 N–H and O–H groups in total. The summed E-state index contributed by atoms with van der Waals surface area (Å²) in [6.07, 6.45) is -0.881. The molecule has 3 aromatic rings. The lowest BCUT2D eigenvalue weighted by Crippen LogP contribution is -2.66. The van der Waals surface area contributed by atoms with Gasteiger partial charge in [0.15, 0.2) is 0 Å². The molecule has 0 radical (unpaired) electrons. The lowest BCUT2D eigenvalue weighted by molar-refractivity contribution is -0.160. The molecular formula is C25H22O3Si. The molecule has 1 aliphatic heterocycles. The van der Waals surface area contributed by atoms with E-state index in [1.165, 1.54) is 0 Å². The number of cyclic esters (lactones) is 1. The van der Waals surface area contributed by atoms with Crippen LogP contribution in [0.5, 0.6) is 0 Å². The Labute approximate surface area is 172 Å². The van der Waals surface area contributed by atoms with E-state index in [-0.39, 0.29) is 0 Å². The van der Waals surface area contributed by atoms with Gasteiger partial charge >= 0.3 is 5.97 Å². The lowest BCUT2D eigenvalue weighted by Gasteiger charge is -2.28. The number of esters is 1. The molecule has 0 amide bonds. The summed E-state index contributed by atoms with van der Waals surface area (Å²) >= 11 is 0. The molecule has 0 aromatic heterocycles. The Hall–Kier alpha value is -3.13. The summed E-state index contributed by atoms with van der Waals surface area (Å²) in [6.45, 7) is 3.45. The maximum atomic E-state index is 12.3. The summed E-state index contributed by atoms with van der Waals surface area (Å²) < 4.78 is 11.0. The van der Waals surface area contributed by atoms with Crippen molar-refractivity contribution in [3.05, 3.63) is 91.0 Å². The number of carbonyl (C=O) groups is 1. The van der Waals surface area contributed by atoms with Crippen LogP contribution in [0.15, 0.2) is 91.0 Å². The van der Waals surface area contributed by atoms with Gasteiger partial charge in [0, 0.05) is 13.8 Å². The summed E-state index contributed by atoms with van der Waals surface area (Å²) in [4.78, 5) is 12.3. The molecule has 4 heteroatoms. The number of rotatable bonds is 3. The van der Waals surface area contributed by atoms with Gasteiger partial charge in [0.25, 0.3) is 0 Å². The fraction of sp³-hybridized carbons (Fsp3) is 0.160. The first-order valence-corrected chi connectivity index (χ1v) is 11.6. The van der Waals surface area contributed by atoms with Gasteiger partial charge in [0.2, 0.25) is 20.0 Å². The molecule has 0 bridgehead atoms. The van der Waals surface area contributed by atoms with Crippen molar-refractivity contribution in [3.8, 4) is 11.5 Å². The van der Waals surface area contributed by atoms with E-state index in [2.05, 4.69) is 47.9 Å². The van der Waals surface area contributed by atoms with E-state index < -0.39 is 25.9 Å². The van der Waals surface area contributed by atoms with Gasteiger partial charge in [-0.05, 0) is 15.6 Å². The molecule has 144 valence electrons. The maximum Gasteiger partial charge on any atom is 0.350 e. The van der Waals surface area contributed by atoms with Gasteiger partial charge in [-0.25, -0.2) is 4.79 Å². The van der Waals surface area contributed by atoms with E-state index in [9.17, 15) is 4.79 Å². The molecule has 1 saturated heterocycles. The van der Waals surface area contributed by atoms with Gasteiger partial charge in [-0.1, -0.05) is 96.9 Å². The second-order valence-electron chi connectivity index (χ2n) is 7.44. The van der Waals surface area contributed by atoms with Gasteiger partial charge in [-0.15, -0.1) is 5.54 Å². The third-order valence-corrected chi connectivity index (χ3v) is 9.09. The Morgan fingerprint density at radius 2 is 1.17 bits per heavy atom. The number of ether oxygens (including phenoxy) is 2. The van der Waals surface area contributed by atoms with Crippen molar-refractivity contribution in [2.24, 2.45) is 0 Å². The summed E-state index contributed by atoms with van der Waals surface area (Å²) in [6, 6.07) is 31.0. The fourth-order valence-corrected chi connectivity index (χ4v) is 7.55. The highest BCUT2D eigenvalue weighted by molar-refractivity contribution is 7.16. The van der Waals surface area contributed by atoms with Crippen molar-refractivity contribution < 1.29 is 14.3 Å².